The Hall–Kier alpha value is -1.73. The van der Waals surface area contributed by atoms with Gasteiger partial charge in [-0.15, -0.1) is 16.4 Å². The molecule has 1 aliphatic heterocycles. The zero-order chi connectivity index (χ0) is 14.1. The number of ether oxygens (including phenoxy) is 1. The lowest BCUT2D eigenvalue weighted by Crippen LogP contribution is -2.40. The molecule has 6 nitrogen and oxygen atoms in total. The monoisotopic (exact) mass is 292 g/mol. The standard InChI is InChI=1S/C13H16N4O2S/c1-7(9-3-2-6-19-9)16-12(18)11-10(14)8-4-5-15-17-13(8)20-11/h4-5,7,9H,2-3,6,14H2,1H3,(H,16,18). The molecule has 3 heterocycles. The summed E-state index contributed by atoms with van der Waals surface area (Å²) in [5.74, 6) is -0.173. The first kappa shape index (κ1) is 13.3. The Morgan fingerprint density at radius 1 is 1.65 bits per heavy atom. The number of carbonyl (C=O) groups is 1. The Bertz CT molecular complexity index is 636. The molecule has 0 spiro atoms. The molecule has 1 fully saturated rings. The van der Waals surface area contributed by atoms with Gasteiger partial charge in [0.15, 0.2) is 0 Å². The second-order valence-corrected chi connectivity index (χ2v) is 5.91. The summed E-state index contributed by atoms with van der Waals surface area (Å²) in [5, 5.41) is 11.5. The van der Waals surface area contributed by atoms with Gasteiger partial charge in [0.1, 0.15) is 9.71 Å². The topological polar surface area (TPSA) is 90.1 Å². The smallest absolute Gasteiger partial charge is 0.263 e. The van der Waals surface area contributed by atoms with Crippen molar-refractivity contribution in [3.05, 3.63) is 17.1 Å². The predicted molar refractivity (Wildman–Crippen MR) is 77.7 cm³/mol. The summed E-state index contributed by atoms with van der Waals surface area (Å²) in [6.07, 6.45) is 3.69. The zero-order valence-corrected chi connectivity index (χ0v) is 11.9. The van der Waals surface area contributed by atoms with E-state index < -0.39 is 0 Å². The van der Waals surface area contributed by atoms with Crippen LogP contribution in [0.2, 0.25) is 0 Å². The number of carbonyl (C=O) groups excluding carboxylic acids is 1. The summed E-state index contributed by atoms with van der Waals surface area (Å²) in [6, 6.07) is 1.75. The van der Waals surface area contributed by atoms with Crippen molar-refractivity contribution in [2.24, 2.45) is 0 Å². The highest BCUT2D eigenvalue weighted by atomic mass is 32.1. The fourth-order valence-electron chi connectivity index (χ4n) is 2.40. The number of nitrogens with zero attached hydrogens (tertiary/aromatic N) is 2. The Kier molecular flexibility index (Phi) is 3.54. The average Bonchev–Trinajstić information content (AvgIpc) is 3.07. The fourth-order valence-corrected chi connectivity index (χ4v) is 3.34. The van der Waals surface area contributed by atoms with E-state index in [1.807, 2.05) is 6.92 Å². The molecule has 20 heavy (non-hydrogen) atoms. The third-order valence-corrected chi connectivity index (χ3v) is 4.61. The first-order valence-corrected chi connectivity index (χ1v) is 7.40. The molecule has 0 aromatic carbocycles. The van der Waals surface area contributed by atoms with Crippen LogP contribution in [-0.4, -0.2) is 34.9 Å². The largest absolute Gasteiger partial charge is 0.397 e. The van der Waals surface area contributed by atoms with Gasteiger partial charge in [-0.05, 0) is 25.8 Å². The van der Waals surface area contributed by atoms with Gasteiger partial charge in [-0.2, -0.15) is 5.10 Å². The molecule has 1 amide bonds. The molecule has 2 aromatic rings. The number of thiophene rings is 1. The van der Waals surface area contributed by atoms with Crippen molar-refractivity contribution in [1.29, 1.82) is 0 Å². The van der Waals surface area contributed by atoms with Gasteiger partial charge in [0.25, 0.3) is 5.91 Å². The van der Waals surface area contributed by atoms with Crippen molar-refractivity contribution in [3.63, 3.8) is 0 Å². The van der Waals surface area contributed by atoms with Crippen molar-refractivity contribution in [1.82, 2.24) is 15.5 Å². The number of nitrogen functional groups attached to an aromatic ring is 1. The Balaban J connectivity index is 1.80. The number of anilines is 1. The number of hydrogen-bond acceptors (Lipinski definition) is 6. The molecule has 0 bridgehead atoms. The maximum atomic E-state index is 12.3. The van der Waals surface area contributed by atoms with Crippen LogP contribution in [0, 0.1) is 0 Å². The van der Waals surface area contributed by atoms with Crippen LogP contribution >= 0.6 is 11.3 Å². The number of rotatable bonds is 3. The number of fused-ring (bicyclic) bond motifs is 1. The molecule has 106 valence electrons. The Morgan fingerprint density at radius 2 is 2.50 bits per heavy atom. The van der Waals surface area contributed by atoms with Crippen molar-refractivity contribution in [2.45, 2.75) is 31.9 Å². The van der Waals surface area contributed by atoms with Gasteiger partial charge in [-0.1, -0.05) is 0 Å². The summed E-state index contributed by atoms with van der Waals surface area (Å²) in [5.41, 5.74) is 6.49. The predicted octanol–water partition coefficient (Wildman–Crippen LogP) is 1.57. The highest BCUT2D eigenvalue weighted by Crippen LogP contribution is 2.31. The lowest BCUT2D eigenvalue weighted by Gasteiger charge is -2.19. The second-order valence-electron chi connectivity index (χ2n) is 4.91. The van der Waals surface area contributed by atoms with E-state index in [4.69, 9.17) is 10.5 Å². The lowest BCUT2D eigenvalue weighted by atomic mass is 10.1. The average molecular weight is 292 g/mol. The highest BCUT2D eigenvalue weighted by molar-refractivity contribution is 7.21. The number of amides is 1. The Labute approximate surface area is 120 Å². The number of nitrogens with one attached hydrogen (secondary N) is 1. The van der Waals surface area contributed by atoms with Gasteiger partial charge < -0.3 is 15.8 Å². The van der Waals surface area contributed by atoms with Crippen LogP contribution < -0.4 is 11.1 Å². The molecular formula is C13H16N4O2S. The van der Waals surface area contributed by atoms with E-state index >= 15 is 0 Å². The SMILES string of the molecule is CC(NC(=O)c1sc2nnccc2c1N)C1CCCO1. The van der Waals surface area contributed by atoms with Crippen LogP contribution in [-0.2, 0) is 4.74 Å². The van der Waals surface area contributed by atoms with Crippen molar-refractivity contribution in [2.75, 3.05) is 12.3 Å². The fraction of sp³-hybridized carbons (Fsp3) is 0.462. The van der Waals surface area contributed by atoms with Crippen molar-refractivity contribution >= 4 is 33.1 Å². The highest BCUT2D eigenvalue weighted by Gasteiger charge is 2.25. The van der Waals surface area contributed by atoms with E-state index in [0.717, 1.165) is 24.8 Å². The van der Waals surface area contributed by atoms with Gasteiger partial charge in [0.2, 0.25) is 0 Å². The summed E-state index contributed by atoms with van der Waals surface area (Å²) >= 11 is 1.27. The van der Waals surface area contributed by atoms with Crippen LogP contribution in [0.15, 0.2) is 12.3 Å². The van der Waals surface area contributed by atoms with E-state index in [2.05, 4.69) is 15.5 Å². The van der Waals surface area contributed by atoms with Crippen molar-refractivity contribution < 1.29 is 9.53 Å². The zero-order valence-electron chi connectivity index (χ0n) is 11.1. The minimum Gasteiger partial charge on any atom is -0.397 e. The summed E-state index contributed by atoms with van der Waals surface area (Å²) in [6.45, 7) is 2.72. The molecule has 3 N–H and O–H groups in total. The molecule has 7 heteroatoms. The van der Waals surface area contributed by atoms with Crippen LogP contribution in [0.1, 0.15) is 29.4 Å². The maximum Gasteiger partial charge on any atom is 0.263 e. The lowest BCUT2D eigenvalue weighted by molar-refractivity contribution is 0.0715. The van der Waals surface area contributed by atoms with Crippen molar-refractivity contribution in [3.8, 4) is 0 Å². The molecule has 1 saturated heterocycles. The number of hydrogen-bond donors (Lipinski definition) is 2. The van der Waals surface area contributed by atoms with Crippen LogP contribution in [0.3, 0.4) is 0 Å². The molecule has 2 aromatic heterocycles. The van der Waals surface area contributed by atoms with Gasteiger partial charge in [0.05, 0.1) is 24.0 Å². The molecule has 2 unspecified atom stereocenters. The van der Waals surface area contributed by atoms with Crippen LogP contribution in [0.4, 0.5) is 5.69 Å². The van der Waals surface area contributed by atoms with E-state index in [-0.39, 0.29) is 18.1 Å². The summed E-state index contributed by atoms with van der Waals surface area (Å²) in [4.78, 5) is 13.5. The van der Waals surface area contributed by atoms with E-state index in [0.29, 0.717) is 15.4 Å². The first-order valence-electron chi connectivity index (χ1n) is 6.59. The number of nitrogens with two attached hydrogens (primary N) is 1. The first-order chi connectivity index (χ1) is 9.66. The molecular weight excluding hydrogens is 276 g/mol. The molecule has 0 saturated carbocycles. The van der Waals surface area contributed by atoms with Gasteiger partial charge in [-0.3, -0.25) is 4.79 Å². The molecule has 3 rings (SSSR count). The van der Waals surface area contributed by atoms with Gasteiger partial charge >= 0.3 is 0 Å². The minimum atomic E-state index is -0.173. The third kappa shape index (κ3) is 2.34. The molecule has 1 aliphatic rings. The van der Waals surface area contributed by atoms with E-state index in [1.54, 1.807) is 12.3 Å². The van der Waals surface area contributed by atoms with Crippen LogP contribution in [0.5, 0.6) is 0 Å². The normalized spacial score (nSPS) is 20.1. The van der Waals surface area contributed by atoms with E-state index in [9.17, 15) is 4.79 Å². The van der Waals surface area contributed by atoms with Gasteiger partial charge in [-0.25, -0.2) is 0 Å². The number of aromatic nitrogens is 2. The molecule has 0 aliphatic carbocycles. The van der Waals surface area contributed by atoms with Gasteiger partial charge in [0, 0.05) is 12.0 Å². The second kappa shape index (κ2) is 5.34. The van der Waals surface area contributed by atoms with Crippen LogP contribution in [0.25, 0.3) is 10.2 Å². The van der Waals surface area contributed by atoms with E-state index in [1.165, 1.54) is 11.3 Å². The Morgan fingerprint density at radius 3 is 3.20 bits per heavy atom. The molecule has 0 radical (unpaired) electrons. The summed E-state index contributed by atoms with van der Waals surface area (Å²) < 4.78 is 5.58. The minimum absolute atomic E-state index is 0.0271. The summed E-state index contributed by atoms with van der Waals surface area (Å²) in [7, 11) is 0. The quantitative estimate of drug-likeness (QED) is 0.896. The molecule has 2 atom stereocenters. The maximum absolute atomic E-state index is 12.3. The third-order valence-electron chi connectivity index (χ3n) is 3.51.